The van der Waals surface area contributed by atoms with E-state index in [1.54, 1.807) is 24.3 Å². The Hall–Kier alpha value is -2.83. The number of aryl methyl sites for hydroxylation is 2. The first kappa shape index (κ1) is 22.8. The van der Waals surface area contributed by atoms with Gasteiger partial charge in [0, 0.05) is 11.3 Å². The molecule has 0 aromatic heterocycles. The van der Waals surface area contributed by atoms with E-state index in [9.17, 15) is 13.2 Å². The molecular formula is C24H25ClN2O3S. The predicted octanol–water partition coefficient (Wildman–Crippen LogP) is 5.50. The van der Waals surface area contributed by atoms with E-state index in [4.69, 9.17) is 11.6 Å². The molecule has 31 heavy (non-hydrogen) atoms. The molecule has 0 unspecified atom stereocenters. The average Bonchev–Trinajstić information content (AvgIpc) is 2.75. The van der Waals surface area contributed by atoms with E-state index in [1.165, 1.54) is 23.8 Å². The van der Waals surface area contributed by atoms with E-state index >= 15 is 0 Å². The molecule has 0 heterocycles. The van der Waals surface area contributed by atoms with Crippen LogP contribution in [0.4, 0.5) is 5.69 Å². The summed E-state index contributed by atoms with van der Waals surface area (Å²) >= 11 is 6.16. The SMILES string of the molecule is CCc1ccc([C@H](C)NC(=O)c2ccc(Cl)c(S(=O)(=O)Nc3ccc(C)cc3)c2)cc1. The lowest BCUT2D eigenvalue weighted by molar-refractivity contribution is 0.0939. The molecule has 0 saturated heterocycles. The third-order valence-electron chi connectivity index (χ3n) is 5.02. The quantitative estimate of drug-likeness (QED) is 0.492. The molecule has 1 amide bonds. The Balaban J connectivity index is 1.80. The summed E-state index contributed by atoms with van der Waals surface area (Å²) in [6, 6.07) is 18.9. The number of amides is 1. The number of carbonyl (C=O) groups excluding carboxylic acids is 1. The van der Waals surface area contributed by atoms with Gasteiger partial charge in [0.15, 0.2) is 0 Å². The first-order valence-corrected chi connectivity index (χ1v) is 11.8. The van der Waals surface area contributed by atoms with Crippen LogP contribution in [0.15, 0.2) is 71.6 Å². The van der Waals surface area contributed by atoms with Crippen molar-refractivity contribution >= 4 is 33.2 Å². The molecule has 5 nitrogen and oxygen atoms in total. The number of nitrogens with one attached hydrogen (secondary N) is 2. The number of sulfonamides is 1. The van der Waals surface area contributed by atoms with Gasteiger partial charge in [-0.2, -0.15) is 0 Å². The Bertz CT molecular complexity index is 1170. The van der Waals surface area contributed by atoms with Gasteiger partial charge in [0.1, 0.15) is 4.90 Å². The maximum absolute atomic E-state index is 12.9. The number of rotatable bonds is 7. The van der Waals surface area contributed by atoms with Crippen LogP contribution >= 0.6 is 11.6 Å². The highest BCUT2D eigenvalue weighted by molar-refractivity contribution is 7.92. The number of anilines is 1. The van der Waals surface area contributed by atoms with Crippen molar-refractivity contribution in [1.29, 1.82) is 0 Å². The molecule has 0 aliphatic carbocycles. The fraction of sp³-hybridized carbons (Fsp3) is 0.208. The monoisotopic (exact) mass is 456 g/mol. The van der Waals surface area contributed by atoms with Crippen LogP contribution in [-0.2, 0) is 16.4 Å². The molecular weight excluding hydrogens is 432 g/mol. The van der Waals surface area contributed by atoms with Crippen LogP contribution in [0.1, 0.15) is 46.9 Å². The third kappa shape index (κ3) is 5.66. The van der Waals surface area contributed by atoms with Crippen LogP contribution in [0.2, 0.25) is 5.02 Å². The molecule has 3 rings (SSSR count). The summed E-state index contributed by atoms with van der Waals surface area (Å²) in [7, 11) is -3.96. The van der Waals surface area contributed by atoms with Gasteiger partial charge in [0.05, 0.1) is 11.1 Å². The fourth-order valence-electron chi connectivity index (χ4n) is 3.09. The van der Waals surface area contributed by atoms with Gasteiger partial charge in [-0.05, 0) is 61.7 Å². The highest BCUT2D eigenvalue weighted by Crippen LogP contribution is 2.26. The molecule has 0 radical (unpaired) electrons. The second kappa shape index (κ2) is 9.54. The molecule has 0 saturated carbocycles. The van der Waals surface area contributed by atoms with E-state index in [1.807, 2.05) is 38.1 Å². The molecule has 0 aliphatic heterocycles. The number of hydrogen-bond donors (Lipinski definition) is 2. The summed E-state index contributed by atoms with van der Waals surface area (Å²) in [4.78, 5) is 12.6. The molecule has 2 N–H and O–H groups in total. The molecule has 0 fully saturated rings. The topological polar surface area (TPSA) is 75.3 Å². The average molecular weight is 457 g/mol. The normalized spacial score (nSPS) is 12.3. The Morgan fingerprint density at radius 1 is 1.00 bits per heavy atom. The van der Waals surface area contributed by atoms with Crippen molar-refractivity contribution in [2.45, 2.75) is 38.1 Å². The molecule has 0 bridgehead atoms. The second-order valence-electron chi connectivity index (χ2n) is 7.41. The van der Waals surface area contributed by atoms with Crippen molar-refractivity contribution in [2.24, 2.45) is 0 Å². The highest BCUT2D eigenvalue weighted by atomic mass is 35.5. The third-order valence-corrected chi connectivity index (χ3v) is 6.89. The molecule has 162 valence electrons. The minimum absolute atomic E-state index is 0.0411. The molecule has 3 aromatic rings. The van der Waals surface area contributed by atoms with Crippen molar-refractivity contribution in [1.82, 2.24) is 5.32 Å². The second-order valence-corrected chi connectivity index (χ2v) is 9.47. The lowest BCUT2D eigenvalue weighted by Gasteiger charge is -2.16. The molecule has 0 spiro atoms. The van der Waals surface area contributed by atoms with Crippen LogP contribution in [0.3, 0.4) is 0 Å². The first-order chi connectivity index (χ1) is 14.7. The van der Waals surface area contributed by atoms with Crippen molar-refractivity contribution < 1.29 is 13.2 Å². The Kier molecular flexibility index (Phi) is 7.03. The van der Waals surface area contributed by atoms with E-state index in [0.29, 0.717) is 5.69 Å². The van der Waals surface area contributed by atoms with Crippen LogP contribution in [0, 0.1) is 6.92 Å². The number of halogens is 1. The van der Waals surface area contributed by atoms with E-state index < -0.39 is 10.0 Å². The lowest BCUT2D eigenvalue weighted by atomic mass is 10.0. The summed E-state index contributed by atoms with van der Waals surface area (Å²) in [6.45, 7) is 5.88. The van der Waals surface area contributed by atoms with Gasteiger partial charge in [-0.3, -0.25) is 9.52 Å². The van der Waals surface area contributed by atoms with E-state index in [2.05, 4.69) is 17.0 Å². The number of benzene rings is 3. The maximum Gasteiger partial charge on any atom is 0.263 e. The number of carbonyl (C=O) groups is 1. The van der Waals surface area contributed by atoms with Gasteiger partial charge < -0.3 is 5.32 Å². The van der Waals surface area contributed by atoms with Gasteiger partial charge in [-0.1, -0.05) is 60.5 Å². The summed E-state index contributed by atoms with van der Waals surface area (Å²) in [5.74, 6) is -0.379. The van der Waals surface area contributed by atoms with E-state index in [-0.39, 0.29) is 27.4 Å². The van der Waals surface area contributed by atoms with Crippen molar-refractivity contribution in [3.8, 4) is 0 Å². The van der Waals surface area contributed by atoms with Gasteiger partial charge >= 0.3 is 0 Å². The summed E-state index contributed by atoms with van der Waals surface area (Å²) in [5.41, 5.74) is 3.83. The van der Waals surface area contributed by atoms with Crippen molar-refractivity contribution in [3.63, 3.8) is 0 Å². The molecule has 7 heteroatoms. The summed E-state index contributed by atoms with van der Waals surface area (Å²) in [6.07, 6.45) is 0.944. The maximum atomic E-state index is 12.9. The Labute approximate surface area is 188 Å². The van der Waals surface area contributed by atoms with Crippen molar-refractivity contribution in [2.75, 3.05) is 4.72 Å². The zero-order chi connectivity index (χ0) is 22.6. The van der Waals surface area contributed by atoms with Gasteiger partial charge in [-0.15, -0.1) is 0 Å². The van der Waals surface area contributed by atoms with Gasteiger partial charge in [0.25, 0.3) is 15.9 Å². The summed E-state index contributed by atoms with van der Waals surface area (Å²) < 4.78 is 28.2. The van der Waals surface area contributed by atoms with Crippen LogP contribution in [-0.4, -0.2) is 14.3 Å². The van der Waals surface area contributed by atoms with Crippen LogP contribution in [0.25, 0.3) is 0 Å². The van der Waals surface area contributed by atoms with Gasteiger partial charge in [0.2, 0.25) is 0 Å². The molecule has 0 aliphatic rings. The first-order valence-electron chi connectivity index (χ1n) is 9.98. The van der Waals surface area contributed by atoms with Gasteiger partial charge in [-0.25, -0.2) is 8.42 Å². The van der Waals surface area contributed by atoms with E-state index in [0.717, 1.165) is 17.5 Å². The Morgan fingerprint density at radius 2 is 1.65 bits per heavy atom. The van der Waals surface area contributed by atoms with Crippen LogP contribution in [0.5, 0.6) is 0 Å². The fourth-order valence-corrected chi connectivity index (χ4v) is 4.67. The zero-order valence-electron chi connectivity index (χ0n) is 17.6. The van der Waals surface area contributed by atoms with Crippen molar-refractivity contribution in [3.05, 3.63) is 94.0 Å². The largest absolute Gasteiger partial charge is 0.346 e. The predicted molar refractivity (Wildman–Crippen MR) is 125 cm³/mol. The molecule has 3 aromatic carbocycles. The zero-order valence-corrected chi connectivity index (χ0v) is 19.2. The smallest absolute Gasteiger partial charge is 0.263 e. The highest BCUT2D eigenvalue weighted by Gasteiger charge is 2.21. The Morgan fingerprint density at radius 3 is 2.26 bits per heavy atom. The number of hydrogen-bond acceptors (Lipinski definition) is 3. The molecule has 1 atom stereocenters. The minimum atomic E-state index is -3.96. The van der Waals surface area contributed by atoms with Crippen LogP contribution < -0.4 is 10.0 Å². The summed E-state index contributed by atoms with van der Waals surface area (Å²) in [5, 5.41) is 2.95. The lowest BCUT2D eigenvalue weighted by Crippen LogP contribution is -2.27. The minimum Gasteiger partial charge on any atom is -0.346 e. The standard InChI is InChI=1S/C24H25ClN2O3S/c1-4-18-7-9-19(10-8-18)17(3)26-24(28)20-11-14-22(25)23(15-20)31(29,30)27-21-12-5-16(2)6-13-21/h5-15,17,27H,4H2,1-3H3,(H,26,28)/t17-/m0/s1.